The van der Waals surface area contributed by atoms with Crippen LogP contribution in [0.3, 0.4) is 0 Å². The normalized spacial score (nSPS) is 14.9. The predicted octanol–water partition coefficient (Wildman–Crippen LogP) is 3.68. The summed E-state index contributed by atoms with van der Waals surface area (Å²) in [5.74, 6) is 0. The van der Waals surface area contributed by atoms with Gasteiger partial charge in [0, 0.05) is 6.54 Å². The molecule has 0 aromatic heterocycles. The molecule has 0 spiro atoms. The summed E-state index contributed by atoms with van der Waals surface area (Å²) in [5.41, 5.74) is -0.0126. The fourth-order valence-electron chi connectivity index (χ4n) is 2.25. The third-order valence-electron chi connectivity index (χ3n) is 3.84. The fraction of sp³-hybridized carbons (Fsp3) is 0.625. The minimum atomic E-state index is -0.819. The lowest BCUT2D eigenvalue weighted by Gasteiger charge is -2.43. The average molecular weight is 286 g/mol. The Bertz CT molecular complexity index is 357. The molecule has 0 aliphatic rings. The first-order valence-electron chi connectivity index (χ1n) is 6.85. The van der Waals surface area contributed by atoms with Crippen LogP contribution < -0.4 is 0 Å². The molecule has 1 unspecified atom stereocenters. The first kappa shape index (κ1) is 18.4. The summed E-state index contributed by atoms with van der Waals surface area (Å²) in [6.45, 7) is 13.2. The molecule has 3 heteroatoms. The average Bonchev–Trinajstić information content (AvgIpc) is 2.35. The van der Waals surface area contributed by atoms with Gasteiger partial charge in [0.2, 0.25) is 0 Å². The van der Waals surface area contributed by atoms with Crippen molar-refractivity contribution >= 4 is 12.4 Å². The van der Waals surface area contributed by atoms with Crippen LogP contribution in [0.2, 0.25) is 0 Å². The van der Waals surface area contributed by atoms with Crippen LogP contribution in [0.25, 0.3) is 0 Å². The van der Waals surface area contributed by atoms with Gasteiger partial charge in [0.1, 0.15) is 5.60 Å². The Morgan fingerprint density at radius 3 is 1.84 bits per heavy atom. The smallest absolute Gasteiger partial charge is 0.107 e. The van der Waals surface area contributed by atoms with Crippen LogP contribution in [0, 0.1) is 5.41 Å². The van der Waals surface area contributed by atoms with Gasteiger partial charge in [0.15, 0.2) is 0 Å². The molecular formula is C16H28ClNO. The molecule has 0 saturated heterocycles. The Labute approximate surface area is 124 Å². The van der Waals surface area contributed by atoms with Crippen molar-refractivity contribution in [1.82, 2.24) is 4.90 Å². The third-order valence-corrected chi connectivity index (χ3v) is 3.84. The number of likely N-dealkylation sites (N-methyl/N-ethyl adjacent to an activating group) is 1. The molecule has 0 bridgehead atoms. The maximum Gasteiger partial charge on any atom is 0.107 e. The molecule has 1 aromatic rings. The van der Waals surface area contributed by atoms with Gasteiger partial charge in [-0.15, -0.1) is 12.4 Å². The molecule has 1 N–H and O–H groups in total. The molecule has 1 atom stereocenters. The number of halogens is 1. The first-order chi connectivity index (χ1) is 8.35. The monoisotopic (exact) mass is 285 g/mol. The summed E-state index contributed by atoms with van der Waals surface area (Å²) in [6, 6.07) is 10.0. The van der Waals surface area contributed by atoms with E-state index in [9.17, 15) is 5.11 Å². The molecule has 2 nitrogen and oxygen atoms in total. The number of hydrogen-bond acceptors (Lipinski definition) is 2. The molecule has 110 valence electrons. The Morgan fingerprint density at radius 2 is 1.47 bits per heavy atom. The number of rotatable bonds is 5. The van der Waals surface area contributed by atoms with E-state index in [0.29, 0.717) is 6.54 Å². The number of hydrogen-bond donors (Lipinski definition) is 1. The number of nitrogens with zero attached hydrogens (tertiary/aromatic N) is 1. The Morgan fingerprint density at radius 1 is 1.00 bits per heavy atom. The Hall–Kier alpha value is -0.570. The van der Waals surface area contributed by atoms with E-state index < -0.39 is 5.60 Å². The topological polar surface area (TPSA) is 23.5 Å². The molecule has 0 saturated carbocycles. The molecular weight excluding hydrogens is 258 g/mol. The predicted molar refractivity (Wildman–Crippen MR) is 84.8 cm³/mol. The quantitative estimate of drug-likeness (QED) is 0.892. The minimum absolute atomic E-state index is 0. The van der Waals surface area contributed by atoms with E-state index in [2.05, 4.69) is 39.5 Å². The number of benzene rings is 1. The maximum atomic E-state index is 11.2. The van der Waals surface area contributed by atoms with Crippen LogP contribution in [-0.4, -0.2) is 29.6 Å². The van der Waals surface area contributed by atoms with Gasteiger partial charge in [-0.1, -0.05) is 65.0 Å². The molecule has 19 heavy (non-hydrogen) atoms. The van der Waals surface area contributed by atoms with Gasteiger partial charge in [0.25, 0.3) is 0 Å². The fourth-order valence-corrected chi connectivity index (χ4v) is 2.25. The summed E-state index contributed by atoms with van der Waals surface area (Å²) < 4.78 is 0. The second-order valence-corrected chi connectivity index (χ2v) is 5.94. The van der Waals surface area contributed by atoms with Gasteiger partial charge < -0.3 is 10.0 Å². The highest BCUT2D eigenvalue weighted by atomic mass is 35.5. The van der Waals surface area contributed by atoms with Crippen LogP contribution in [0.15, 0.2) is 30.3 Å². The standard InChI is InChI=1S/C16H27NO.ClH/c1-6-17(7-2)13-16(18,15(3,4)5)14-11-9-8-10-12-14;/h8-12,18H,6-7,13H2,1-5H3;1H. The third kappa shape index (κ3) is 4.20. The molecule has 0 heterocycles. The lowest BCUT2D eigenvalue weighted by Crippen LogP contribution is -2.49. The Kier molecular flexibility index (Phi) is 7.06. The van der Waals surface area contributed by atoms with E-state index in [1.165, 1.54) is 0 Å². The van der Waals surface area contributed by atoms with Crippen LogP contribution in [0.1, 0.15) is 40.2 Å². The summed E-state index contributed by atoms with van der Waals surface area (Å²) in [6.07, 6.45) is 0. The van der Waals surface area contributed by atoms with Gasteiger partial charge in [-0.2, -0.15) is 0 Å². The zero-order valence-electron chi connectivity index (χ0n) is 12.8. The van der Waals surface area contributed by atoms with E-state index in [1.54, 1.807) is 0 Å². The van der Waals surface area contributed by atoms with Crippen LogP contribution >= 0.6 is 12.4 Å². The molecule has 0 radical (unpaired) electrons. The van der Waals surface area contributed by atoms with E-state index in [1.807, 2.05) is 30.3 Å². The lowest BCUT2D eigenvalue weighted by atomic mass is 9.72. The van der Waals surface area contributed by atoms with Gasteiger partial charge in [-0.05, 0) is 24.1 Å². The van der Waals surface area contributed by atoms with E-state index in [4.69, 9.17) is 0 Å². The molecule has 1 aromatic carbocycles. The highest BCUT2D eigenvalue weighted by molar-refractivity contribution is 5.85. The SMILES string of the molecule is CCN(CC)CC(O)(c1ccccc1)C(C)(C)C.Cl. The Balaban J connectivity index is 0.00000324. The van der Waals surface area contributed by atoms with Crippen LogP contribution in [0.4, 0.5) is 0 Å². The highest BCUT2D eigenvalue weighted by Crippen LogP contribution is 2.39. The van der Waals surface area contributed by atoms with Crippen molar-refractivity contribution in [2.24, 2.45) is 5.41 Å². The van der Waals surface area contributed by atoms with E-state index >= 15 is 0 Å². The van der Waals surface area contributed by atoms with Gasteiger partial charge >= 0.3 is 0 Å². The molecule has 0 amide bonds. The summed E-state index contributed by atoms with van der Waals surface area (Å²) in [5, 5.41) is 11.2. The van der Waals surface area contributed by atoms with Crippen molar-refractivity contribution in [3.05, 3.63) is 35.9 Å². The first-order valence-corrected chi connectivity index (χ1v) is 6.85. The summed E-state index contributed by atoms with van der Waals surface area (Å²) >= 11 is 0. The number of aliphatic hydroxyl groups is 1. The van der Waals surface area contributed by atoms with Crippen molar-refractivity contribution in [3.8, 4) is 0 Å². The second kappa shape index (κ2) is 7.28. The zero-order chi connectivity index (χ0) is 13.8. The summed E-state index contributed by atoms with van der Waals surface area (Å²) in [4.78, 5) is 2.28. The molecule has 0 aliphatic carbocycles. The van der Waals surface area contributed by atoms with Crippen molar-refractivity contribution in [3.63, 3.8) is 0 Å². The zero-order valence-corrected chi connectivity index (χ0v) is 13.6. The van der Waals surface area contributed by atoms with Crippen LogP contribution in [0.5, 0.6) is 0 Å². The van der Waals surface area contributed by atoms with Gasteiger partial charge in [-0.25, -0.2) is 0 Å². The van der Waals surface area contributed by atoms with Gasteiger partial charge in [-0.3, -0.25) is 0 Å². The van der Waals surface area contributed by atoms with Crippen LogP contribution in [-0.2, 0) is 5.60 Å². The van der Waals surface area contributed by atoms with Crippen molar-refractivity contribution < 1.29 is 5.11 Å². The van der Waals surface area contributed by atoms with E-state index in [-0.39, 0.29) is 17.8 Å². The van der Waals surface area contributed by atoms with Crippen molar-refractivity contribution in [2.75, 3.05) is 19.6 Å². The molecule has 0 fully saturated rings. The van der Waals surface area contributed by atoms with E-state index in [0.717, 1.165) is 18.7 Å². The highest BCUT2D eigenvalue weighted by Gasteiger charge is 2.42. The summed E-state index contributed by atoms with van der Waals surface area (Å²) in [7, 11) is 0. The van der Waals surface area contributed by atoms with Crippen molar-refractivity contribution in [1.29, 1.82) is 0 Å². The minimum Gasteiger partial charge on any atom is -0.383 e. The second-order valence-electron chi connectivity index (χ2n) is 5.94. The van der Waals surface area contributed by atoms with Gasteiger partial charge in [0.05, 0.1) is 0 Å². The molecule has 0 aliphatic heterocycles. The molecule has 1 rings (SSSR count). The van der Waals surface area contributed by atoms with Crippen molar-refractivity contribution in [2.45, 2.75) is 40.2 Å². The largest absolute Gasteiger partial charge is 0.383 e. The lowest BCUT2D eigenvalue weighted by molar-refractivity contribution is -0.0856. The maximum absolute atomic E-state index is 11.2.